The average molecular weight is 324 g/mol. The van der Waals surface area contributed by atoms with Gasteiger partial charge in [-0.1, -0.05) is 15.9 Å². The van der Waals surface area contributed by atoms with Crippen molar-refractivity contribution in [2.24, 2.45) is 5.92 Å². The molecule has 8 heteroatoms. The Hall–Kier alpha value is 0.180. The van der Waals surface area contributed by atoms with E-state index < -0.39 is 22.7 Å². The van der Waals surface area contributed by atoms with Crippen molar-refractivity contribution in [3.8, 4) is 0 Å². The molecule has 0 amide bonds. The molecule has 1 aliphatic rings. The van der Waals surface area contributed by atoms with Crippen LogP contribution in [0.1, 0.15) is 12.8 Å². The fourth-order valence-corrected chi connectivity index (χ4v) is 3.81. The largest absolute Gasteiger partial charge is 0.402 e. The molecule has 0 aromatic rings. The van der Waals surface area contributed by atoms with E-state index in [0.29, 0.717) is 4.31 Å². The van der Waals surface area contributed by atoms with E-state index in [0.717, 1.165) is 12.8 Å². The van der Waals surface area contributed by atoms with Gasteiger partial charge in [-0.25, -0.2) is 8.42 Å². The summed E-state index contributed by atoms with van der Waals surface area (Å²) in [6.45, 7) is -1.54. The molecular formula is C8H13BrF3NO2S. The fourth-order valence-electron chi connectivity index (χ4n) is 1.30. The molecule has 0 spiro atoms. The van der Waals surface area contributed by atoms with Gasteiger partial charge in [0.2, 0.25) is 10.0 Å². The second-order valence-corrected chi connectivity index (χ2v) is 6.67. The van der Waals surface area contributed by atoms with Crippen LogP contribution in [0.4, 0.5) is 13.2 Å². The minimum Gasteiger partial charge on any atom is -0.212 e. The van der Waals surface area contributed by atoms with Gasteiger partial charge in [0.15, 0.2) is 0 Å². The standard InChI is InChI=1S/C8H13BrF3NO2S/c9-3-4-13(6-8(10,11)12)16(14,15)5-7-1-2-7/h7H,1-6H2. The molecule has 3 nitrogen and oxygen atoms in total. The quantitative estimate of drug-likeness (QED) is 0.701. The molecule has 1 rings (SSSR count). The first-order chi connectivity index (χ1) is 7.24. The Morgan fingerprint density at radius 3 is 2.25 bits per heavy atom. The minimum atomic E-state index is -4.49. The summed E-state index contributed by atoms with van der Waals surface area (Å²) in [5.41, 5.74) is 0. The Balaban J connectivity index is 2.66. The van der Waals surface area contributed by atoms with Gasteiger partial charge in [0.1, 0.15) is 6.54 Å². The molecule has 0 aromatic heterocycles. The lowest BCUT2D eigenvalue weighted by Crippen LogP contribution is -2.41. The minimum absolute atomic E-state index is 0.0519. The van der Waals surface area contributed by atoms with Crippen molar-refractivity contribution < 1.29 is 21.6 Å². The van der Waals surface area contributed by atoms with Crippen LogP contribution in [0.25, 0.3) is 0 Å². The molecule has 0 radical (unpaired) electrons. The van der Waals surface area contributed by atoms with Gasteiger partial charge in [0.25, 0.3) is 0 Å². The van der Waals surface area contributed by atoms with Gasteiger partial charge in [-0.3, -0.25) is 0 Å². The first kappa shape index (κ1) is 14.2. The van der Waals surface area contributed by atoms with Crippen LogP contribution in [-0.2, 0) is 10.0 Å². The molecule has 1 fully saturated rings. The van der Waals surface area contributed by atoms with Crippen LogP contribution >= 0.6 is 15.9 Å². The third kappa shape index (κ3) is 5.01. The summed E-state index contributed by atoms with van der Waals surface area (Å²) in [5, 5.41) is 0.201. The van der Waals surface area contributed by atoms with E-state index in [4.69, 9.17) is 0 Å². The molecule has 16 heavy (non-hydrogen) atoms. The second kappa shape index (κ2) is 5.22. The number of rotatable bonds is 6. The average Bonchev–Trinajstić information content (AvgIpc) is 2.84. The van der Waals surface area contributed by atoms with E-state index in [1.165, 1.54) is 0 Å². The van der Waals surface area contributed by atoms with Crippen molar-refractivity contribution in [2.45, 2.75) is 19.0 Å². The maximum absolute atomic E-state index is 12.2. The predicted molar refractivity (Wildman–Crippen MR) is 57.9 cm³/mol. The first-order valence-electron chi connectivity index (χ1n) is 4.85. The number of nitrogens with zero attached hydrogens (tertiary/aromatic N) is 1. The maximum Gasteiger partial charge on any atom is 0.402 e. The molecule has 0 unspecified atom stereocenters. The molecule has 0 atom stereocenters. The Kier molecular flexibility index (Phi) is 4.65. The lowest BCUT2D eigenvalue weighted by molar-refractivity contribution is -0.135. The van der Waals surface area contributed by atoms with Crippen molar-refractivity contribution >= 4 is 26.0 Å². The lowest BCUT2D eigenvalue weighted by Gasteiger charge is -2.22. The van der Waals surface area contributed by atoms with Gasteiger partial charge in [-0.2, -0.15) is 17.5 Å². The van der Waals surface area contributed by atoms with E-state index in [1.807, 2.05) is 0 Å². The van der Waals surface area contributed by atoms with Crippen LogP contribution in [0, 0.1) is 5.92 Å². The van der Waals surface area contributed by atoms with Gasteiger partial charge >= 0.3 is 6.18 Å². The zero-order valence-electron chi connectivity index (χ0n) is 8.50. The second-order valence-electron chi connectivity index (χ2n) is 3.86. The molecule has 0 N–H and O–H groups in total. The van der Waals surface area contributed by atoms with Gasteiger partial charge < -0.3 is 0 Å². The zero-order chi connectivity index (χ0) is 12.4. The highest BCUT2D eigenvalue weighted by molar-refractivity contribution is 9.09. The number of alkyl halides is 4. The van der Waals surface area contributed by atoms with Crippen molar-refractivity contribution in [3.05, 3.63) is 0 Å². The third-order valence-electron chi connectivity index (χ3n) is 2.23. The lowest BCUT2D eigenvalue weighted by atomic mass is 10.5. The van der Waals surface area contributed by atoms with E-state index in [2.05, 4.69) is 15.9 Å². The van der Waals surface area contributed by atoms with Crippen LogP contribution in [0.2, 0.25) is 0 Å². The van der Waals surface area contributed by atoms with Gasteiger partial charge in [-0.15, -0.1) is 0 Å². The van der Waals surface area contributed by atoms with Crippen LogP contribution < -0.4 is 0 Å². The van der Waals surface area contributed by atoms with Gasteiger partial charge in [0.05, 0.1) is 5.75 Å². The van der Waals surface area contributed by atoms with Crippen LogP contribution in [-0.4, -0.2) is 43.1 Å². The Labute approximate surface area is 101 Å². The van der Waals surface area contributed by atoms with E-state index in [9.17, 15) is 21.6 Å². The molecule has 0 aliphatic heterocycles. The van der Waals surface area contributed by atoms with Crippen LogP contribution in [0.15, 0.2) is 0 Å². The summed E-state index contributed by atoms with van der Waals surface area (Å²) in [4.78, 5) is 0. The van der Waals surface area contributed by atoms with Crippen LogP contribution in [0.3, 0.4) is 0 Å². The Morgan fingerprint density at radius 1 is 1.31 bits per heavy atom. The highest BCUT2D eigenvalue weighted by atomic mass is 79.9. The molecule has 1 aliphatic carbocycles. The molecule has 0 aromatic carbocycles. The maximum atomic E-state index is 12.2. The summed E-state index contributed by atoms with van der Waals surface area (Å²) in [6.07, 6.45) is -2.89. The first-order valence-corrected chi connectivity index (χ1v) is 7.58. The SMILES string of the molecule is O=S(=O)(CC1CC1)N(CCBr)CC(F)(F)F. The van der Waals surface area contributed by atoms with Crippen molar-refractivity contribution in [3.63, 3.8) is 0 Å². The van der Waals surface area contributed by atoms with Crippen molar-refractivity contribution in [1.29, 1.82) is 0 Å². The normalized spacial score (nSPS) is 18.1. The van der Waals surface area contributed by atoms with Crippen LogP contribution in [0.5, 0.6) is 0 Å². The highest BCUT2D eigenvalue weighted by Crippen LogP contribution is 2.31. The van der Waals surface area contributed by atoms with E-state index in [-0.39, 0.29) is 23.5 Å². The number of hydrogen-bond acceptors (Lipinski definition) is 2. The number of halogens is 4. The number of sulfonamides is 1. The smallest absolute Gasteiger partial charge is 0.212 e. The summed E-state index contributed by atoms with van der Waals surface area (Å²) in [6, 6.07) is 0. The predicted octanol–water partition coefficient (Wildman–Crippen LogP) is 1.99. The summed E-state index contributed by atoms with van der Waals surface area (Å²) in [5.74, 6) is -0.105. The molecular weight excluding hydrogens is 311 g/mol. The highest BCUT2D eigenvalue weighted by Gasteiger charge is 2.38. The van der Waals surface area contributed by atoms with E-state index >= 15 is 0 Å². The van der Waals surface area contributed by atoms with Gasteiger partial charge in [-0.05, 0) is 18.8 Å². The molecule has 0 saturated heterocycles. The number of hydrogen-bond donors (Lipinski definition) is 0. The molecule has 1 saturated carbocycles. The molecule has 0 bridgehead atoms. The Morgan fingerprint density at radius 2 is 1.88 bits per heavy atom. The monoisotopic (exact) mass is 323 g/mol. The van der Waals surface area contributed by atoms with Crippen molar-refractivity contribution in [2.75, 3.05) is 24.2 Å². The van der Waals surface area contributed by atoms with Gasteiger partial charge in [0, 0.05) is 11.9 Å². The molecule has 0 heterocycles. The Bertz CT molecular complexity index is 327. The summed E-state index contributed by atoms with van der Waals surface area (Å²) < 4.78 is 60.4. The fraction of sp³-hybridized carbons (Fsp3) is 1.00. The third-order valence-corrected chi connectivity index (χ3v) is 4.57. The zero-order valence-corrected chi connectivity index (χ0v) is 10.9. The summed E-state index contributed by atoms with van der Waals surface area (Å²) in [7, 11) is -3.77. The van der Waals surface area contributed by atoms with Crippen molar-refractivity contribution in [1.82, 2.24) is 4.31 Å². The van der Waals surface area contributed by atoms with E-state index in [1.54, 1.807) is 0 Å². The molecule has 96 valence electrons. The summed E-state index contributed by atoms with van der Waals surface area (Å²) >= 11 is 2.96. The topological polar surface area (TPSA) is 37.4 Å².